The highest BCUT2D eigenvalue weighted by atomic mass is 14.9. The van der Waals surface area contributed by atoms with E-state index in [4.69, 9.17) is 0 Å². The van der Waals surface area contributed by atoms with Crippen LogP contribution in [0.1, 0.15) is 33.1 Å². The predicted octanol–water partition coefficient (Wildman–Crippen LogP) is 3.10. The number of allylic oxidation sites excluding steroid dienone is 2. The molecule has 70 valence electrons. The van der Waals surface area contributed by atoms with Crippen LogP contribution in [-0.4, -0.2) is 6.54 Å². The fraction of sp³-hybridized carbons (Fsp3) is 0.636. The third kappa shape index (κ3) is 7.39. The zero-order chi connectivity index (χ0) is 9.40. The second kappa shape index (κ2) is 6.96. The van der Waals surface area contributed by atoms with Gasteiger partial charge < -0.3 is 5.32 Å². The van der Waals surface area contributed by atoms with Gasteiger partial charge in [-0.1, -0.05) is 26.0 Å². The van der Waals surface area contributed by atoms with Crippen LogP contribution in [0.2, 0.25) is 0 Å². The molecule has 0 aliphatic rings. The van der Waals surface area contributed by atoms with Crippen molar-refractivity contribution in [1.82, 2.24) is 5.32 Å². The van der Waals surface area contributed by atoms with Crippen molar-refractivity contribution in [1.29, 1.82) is 0 Å². The van der Waals surface area contributed by atoms with Gasteiger partial charge in [0.1, 0.15) is 0 Å². The van der Waals surface area contributed by atoms with Gasteiger partial charge in [-0.05, 0) is 25.7 Å². The van der Waals surface area contributed by atoms with Crippen molar-refractivity contribution in [3.63, 3.8) is 0 Å². The maximum Gasteiger partial charge on any atom is 0.0143 e. The molecule has 0 bridgehead atoms. The van der Waals surface area contributed by atoms with E-state index in [9.17, 15) is 0 Å². The first kappa shape index (κ1) is 11.3. The summed E-state index contributed by atoms with van der Waals surface area (Å²) < 4.78 is 0. The zero-order valence-corrected chi connectivity index (χ0v) is 8.40. The van der Waals surface area contributed by atoms with Gasteiger partial charge in [0.05, 0.1) is 0 Å². The summed E-state index contributed by atoms with van der Waals surface area (Å²) in [6, 6.07) is 0. The third-order valence-corrected chi connectivity index (χ3v) is 1.92. The Labute approximate surface area is 76.6 Å². The van der Waals surface area contributed by atoms with Crippen LogP contribution in [0.3, 0.4) is 0 Å². The Morgan fingerprint density at radius 1 is 1.50 bits per heavy atom. The molecule has 0 radical (unpaired) electrons. The SMILES string of the molecule is C=CC(C)CCCCNC(=C)C. The molecule has 1 unspecified atom stereocenters. The fourth-order valence-electron chi connectivity index (χ4n) is 1.01. The van der Waals surface area contributed by atoms with Crippen molar-refractivity contribution in [2.75, 3.05) is 6.54 Å². The summed E-state index contributed by atoms with van der Waals surface area (Å²) in [6.07, 6.45) is 5.77. The highest BCUT2D eigenvalue weighted by molar-refractivity contribution is 4.83. The second-order valence-electron chi connectivity index (χ2n) is 3.42. The molecule has 0 heterocycles. The van der Waals surface area contributed by atoms with Crippen LogP contribution >= 0.6 is 0 Å². The summed E-state index contributed by atoms with van der Waals surface area (Å²) >= 11 is 0. The highest BCUT2D eigenvalue weighted by Gasteiger charge is 1.94. The van der Waals surface area contributed by atoms with Crippen molar-refractivity contribution in [2.24, 2.45) is 5.92 Å². The number of hydrogen-bond donors (Lipinski definition) is 1. The van der Waals surface area contributed by atoms with Gasteiger partial charge in [-0.2, -0.15) is 0 Å². The molecular weight excluding hydrogens is 146 g/mol. The fourth-order valence-corrected chi connectivity index (χ4v) is 1.01. The quantitative estimate of drug-likeness (QED) is 0.454. The maximum atomic E-state index is 3.78. The van der Waals surface area contributed by atoms with Crippen LogP contribution in [0.5, 0.6) is 0 Å². The summed E-state index contributed by atoms with van der Waals surface area (Å²) in [6.45, 7) is 12.8. The summed E-state index contributed by atoms with van der Waals surface area (Å²) in [4.78, 5) is 0. The molecule has 0 saturated heterocycles. The molecule has 12 heavy (non-hydrogen) atoms. The van der Waals surface area contributed by atoms with Crippen LogP contribution in [0.25, 0.3) is 0 Å². The molecule has 0 saturated carbocycles. The van der Waals surface area contributed by atoms with Gasteiger partial charge in [-0.3, -0.25) is 0 Å². The Kier molecular flexibility index (Phi) is 6.54. The summed E-state index contributed by atoms with van der Waals surface area (Å²) in [5.74, 6) is 0.662. The highest BCUT2D eigenvalue weighted by Crippen LogP contribution is 2.07. The number of unbranched alkanes of at least 4 members (excludes halogenated alkanes) is 1. The van der Waals surface area contributed by atoms with E-state index in [-0.39, 0.29) is 0 Å². The molecule has 0 spiro atoms. The average molecular weight is 167 g/mol. The van der Waals surface area contributed by atoms with Crippen molar-refractivity contribution in [2.45, 2.75) is 33.1 Å². The first-order valence-electron chi connectivity index (χ1n) is 4.68. The second-order valence-corrected chi connectivity index (χ2v) is 3.42. The van der Waals surface area contributed by atoms with Gasteiger partial charge in [0.2, 0.25) is 0 Å². The normalized spacial score (nSPS) is 12.2. The lowest BCUT2D eigenvalue weighted by molar-refractivity contribution is 0.570. The van der Waals surface area contributed by atoms with Crippen LogP contribution < -0.4 is 5.32 Å². The molecule has 0 fully saturated rings. The lowest BCUT2D eigenvalue weighted by Crippen LogP contribution is -2.11. The van der Waals surface area contributed by atoms with E-state index in [1.54, 1.807) is 0 Å². The van der Waals surface area contributed by atoms with Gasteiger partial charge in [0.15, 0.2) is 0 Å². The number of nitrogens with one attached hydrogen (secondary N) is 1. The Hall–Kier alpha value is -0.720. The molecule has 0 aromatic rings. The number of hydrogen-bond acceptors (Lipinski definition) is 1. The molecule has 0 amide bonds. The minimum atomic E-state index is 0.662. The summed E-state index contributed by atoms with van der Waals surface area (Å²) in [5.41, 5.74) is 1.06. The van der Waals surface area contributed by atoms with Gasteiger partial charge in [-0.25, -0.2) is 0 Å². The van der Waals surface area contributed by atoms with E-state index >= 15 is 0 Å². The molecule has 1 nitrogen and oxygen atoms in total. The topological polar surface area (TPSA) is 12.0 Å². The minimum absolute atomic E-state index is 0.662. The van der Waals surface area contributed by atoms with Gasteiger partial charge >= 0.3 is 0 Å². The van der Waals surface area contributed by atoms with Crippen molar-refractivity contribution >= 4 is 0 Å². The van der Waals surface area contributed by atoms with Gasteiger partial charge in [0.25, 0.3) is 0 Å². The Morgan fingerprint density at radius 2 is 2.17 bits per heavy atom. The smallest absolute Gasteiger partial charge is 0.0143 e. The Bertz CT molecular complexity index is 138. The first-order chi connectivity index (χ1) is 5.66. The molecular formula is C11H21N. The standard InChI is InChI=1S/C11H21N/c1-5-11(4)8-6-7-9-12-10(2)3/h5,11-12H,1-2,6-9H2,3-4H3. The van der Waals surface area contributed by atoms with Crippen molar-refractivity contribution < 1.29 is 0 Å². The molecule has 0 aromatic heterocycles. The van der Waals surface area contributed by atoms with E-state index < -0.39 is 0 Å². The monoisotopic (exact) mass is 167 g/mol. The van der Waals surface area contributed by atoms with Crippen LogP contribution in [0.4, 0.5) is 0 Å². The molecule has 1 atom stereocenters. The first-order valence-corrected chi connectivity index (χ1v) is 4.68. The number of rotatable bonds is 7. The van der Waals surface area contributed by atoms with E-state index in [1.165, 1.54) is 19.3 Å². The lowest BCUT2D eigenvalue weighted by atomic mass is 10.0. The molecule has 0 aliphatic heterocycles. The van der Waals surface area contributed by atoms with Gasteiger partial charge in [0, 0.05) is 12.2 Å². The van der Waals surface area contributed by atoms with Crippen molar-refractivity contribution in [3.05, 3.63) is 24.9 Å². The molecule has 0 aliphatic carbocycles. The summed E-state index contributed by atoms with van der Waals surface area (Å²) in [5, 5.41) is 3.22. The summed E-state index contributed by atoms with van der Waals surface area (Å²) in [7, 11) is 0. The largest absolute Gasteiger partial charge is 0.389 e. The van der Waals surface area contributed by atoms with Crippen LogP contribution in [-0.2, 0) is 0 Å². The van der Waals surface area contributed by atoms with Crippen molar-refractivity contribution in [3.8, 4) is 0 Å². The van der Waals surface area contributed by atoms with Gasteiger partial charge in [-0.15, -0.1) is 6.58 Å². The molecule has 1 heteroatoms. The minimum Gasteiger partial charge on any atom is -0.389 e. The van der Waals surface area contributed by atoms with E-state index in [0.717, 1.165) is 12.2 Å². The van der Waals surface area contributed by atoms with E-state index in [1.807, 2.05) is 13.0 Å². The van der Waals surface area contributed by atoms with E-state index in [0.29, 0.717) is 5.92 Å². The Morgan fingerprint density at radius 3 is 2.67 bits per heavy atom. The zero-order valence-electron chi connectivity index (χ0n) is 8.40. The third-order valence-electron chi connectivity index (χ3n) is 1.92. The molecule has 0 rings (SSSR count). The predicted molar refractivity (Wildman–Crippen MR) is 56.0 cm³/mol. The molecule has 0 aromatic carbocycles. The maximum absolute atomic E-state index is 3.78. The molecule has 1 N–H and O–H groups in total. The Balaban J connectivity index is 3.10. The van der Waals surface area contributed by atoms with E-state index in [2.05, 4.69) is 25.4 Å². The lowest BCUT2D eigenvalue weighted by Gasteiger charge is -2.06. The van der Waals surface area contributed by atoms with Crippen LogP contribution in [0, 0.1) is 5.92 Å². The van der Waals surface area contributed by atoms with Crippen LogP contribution in [0.15, 0.2) is 24.9 Å². The average Bonchev–Trinajstić information content (AvgIpc) is 2.03.